The van der Waals surface area contributed by atoms with Crippen LogP contribution in [0.5, 0.6) is 11.6 Å². The highest BCUT2D eigenvalue weighted by Crippen LogP contribution is 2.50. The number of fused-ring (bicyclic) bond motifs is 4. The first-order valence-corrected chi connectivity index (χ1v) is 14.8. The van der Waals surface area contributed by atoms with Gasteiger partial charge in [0.25, 0.3) is 0 Å². The third-order valence-corrected chi connectivity index (χ3v) is 9.19. The predicted molar refractivity (Wildman–Crippen MR) is 164 cm³/mol. The van der Waals surface area contributed by atoms with Crippen LogP contribution in [-0.2, 0) is 16.7 Å². The Morgan fingerprint density at radius 2 is 2.00 bits per heavy atom. The summed E-state index contributed by atoms with van der Waals surface area (Å²) >= 11 is 0. The van der Waals surface area contributed by atoms with Crippen molar-refractivity contribution in [3.63, 3.8) is 0 Å². The van der Waals surface area contributed by atoms with E-state index in [1.807, 2.05) is 42.6 Å². The molecule has 7 nitrogen and oxygen atoms in total. The summed E-state index contributed by atoms with van der Waals surface area (Å²) in [5.41, 5.74) is 3.81. The van der Waals surface area contributed by atoms with Crippen LogP contribution >= 0.6 is 0 Å². The van der Waals surface area contributed by atoms with Crippen molar-refractivity contribution >= 4 is 16.8 Å². The molecule has 0 spiro atoms. The molecule has 6 heterocycles. The maximum atomic E-state index is 6.61. The molecule has 4 aliphatic rings. The molecule has 8 rings (SSSR count). The van der Waals surface area contributed by atoms with Crippen molar-refractivity contribution < 1.29 is 14.2 Å². The predicted octanol–water partition coefficient (Wildman–Crippen LogP) is 5.83. The van der Waals surface area contributed by atoms with Crippen LogP contribution in [0.2, 0.25) is 0 Å². The van der Waals surface area contributed by atoms with Crippen molar-refractivity contribution in [3.8, 4) is 11.6 Å². The molecule has 3 fully saturated rings. The largest absolute Gasteiger partial charge is 0.497 e. The first-order chi connectivity index (χ1) is 20.6. The molecule has 4 aromatic rings. The van der Waals surface area contributed by atoms with E-state index >= 15 is 0 Å². The quantitative estimate of drug-likeness (QED) is 0.240. The third kappa shape index (κ3) is 4.92. The highest BCUT2D eigenvalue weighted by molar-refractivity contribution is 5.93. The lowest BCUT2D eigenvalue weighted by atomic mass is 9.66. The molecule has 1 unspecified atom stereocenters. The third-order valence-electron chi connectivity index (χ3n) is 9.19. The van der Waals surface area contributed by atoms with Crippen LogP contribution in [0.4, 0.5) is 0 Å². The zero-order chi connectivity index (χ0) is 28.5. The van der Waals surface area contributed by atoms with Crippen molar-refractivity contribution in [1.29, 1.82) is 0 Å². The van der Waals surface area contributed by atoms with Gasteiger partial charge < -0.3 is 14.2 Å². The molecule has 2 aromatic heterocycles. The average Bonchev–Trinajstić information content (AvgIpc) is 3.52. The molecule has 0 saturated carbocycles. The topological polar surface area (TPSA) is 69.1 Å². The number of piperidine rings is 3. The van der Waals surface area contributed by atoms with E-state index in [4.69, 9.17) is 24.2 Å². The standard InChI is InChI=1S/C35H36N4O3/c1-3-25-21-39-17-15-26(25)20-35(39,30-14-16-36-31-13-12-28(40-2)19-29(30)31)23-42-33-11-7-10-32(38-33)34-37-27(22-41-34)18-24-8-5-4-6-9-24/h3-14,16,19,25-27H,1,15,17-18,20-23H2,2H3/t25-,26+,27+,35-/m0/s1. The van der Waals surface area contributed by atoms with Gasteiger partial charge in [0.05, 0.1) is 24.2 Å². The second-order valence-corrected chi connectivity index (χ2v) is 11.6. The van der Waals surface area contributed by atoms with Gasteiger partial charge in [0.1, 0.15) is 24.7 Å². The van der Waals surface area contributed by atoms with Crippen LogP contribution < -0.4 is 9.47 Å². The number of nitrogens with zero attached hydrogens (tertiary/aromatic N) is 4. The van der Waals surface area contributed by atoms with Crippen LogP contribution in [0.15, 0.2) is 96.6 Å². The fourth-order valence-corrected chi connectivity index (χ4v) is 7.02. The number of rotatable bonds is 9. The highest BCUT2D eigenvalue weighted by atomic mass is 16.5. The maximum absolute atomic E-state index is 6.61. The van der Waals surface area contributed by atoms with Crippen LogP contribution in [0, 0.1) is 11.8 Å². The lowest BCUT2D eigenvalue weighted by Crippen LogP contribution is -2.61. The Morgan fingerprint density at radius 1 is 1.10 bits per heavy atom. The number of pyridine rings is 2. The van der Waals surface area contributed by atoms with Crippen LogP contribution in [0.1, 0.15) is 29.7 Å². The lowest BCUT2D eigenvalue weighted by Gasteiger charge is -2.57. The monoisotopic (exact) mass is 560 g/mol. The molecule has 5 atom stereocenters. The number of hydrogen-bond donors (Lipinski definition) is 0. The zero-order valence-corrected chi connectivity index (χ0v) is 24.0. The molecule has 2 aromatic carbocycles. The van der Waals surface area contributed by atoms with Crippen LogP contribution in [-0.4, -0.2) is 60.2 Å². The fourth-order valence-electron chi connectivity index (χ4n) is 7.02. The molecule has 3 saturated heterocycles. The van der Waals surface area contributed by atoms with Gasteiger partial charge in [-0.25, -0.2) is 9.98 Å². The summed E-state index contributed by atoms with van der Waals surface area (Å²) < 4.78 is 18.2. The Morgan fingerprint density at radius 3 is 2.81 bits per heavy atom. The summed E-state index contributed by atoms with van der Waals surface area (Å²) in [6.45, 7) is 7.17. The average molecular weight is 561 g/mol. The van der Waals surface area contributed by atoms with Gasteiger partial charge in [-0.1, -0.05) is 42.5 Å². The minimum atomic E-state index is -0.324. The van der Waals surface area contributed by atoms with Gasteiger partial charge in [-0.3, -0.25) is 9.88 Å². The van der Waals surface area contributed by atoms with Gasteiger partial charge in [0, 0.05) is 24.2 Å². The Labute approximate surface area is 246 Å². The minimum absolute atomic E-state index is 0.0809. The summed E-state index contributed by atoms with van der Waals surface area (Å²) in [5, 5.41) is 1.10. The molecule has 42 heavy (non-hydrogen) atoms. The van der Waals surface area contributed by atoms with Crippen LogP contribution in [0.25, 0.3) is 10.9 Å². The van der Waals surface area contributed by atoms with Gasteiger partial charge in [0.15, 0.2) is 0 Å². The molecule has 0 aliphatic carbocycles. The van der Waals surface area contributed by atoms with Gasteiger partial charge >= 0.3 is 0 Å². The molecule has 7 heteroatoms. The van der Waals surface area contributed by atoms with E-state index in [9.17, 15) is 0 Å². The zero-order valence-electron chi connectivity index (χ0n) is 24.0. The second kappa shape index (κ2) is 11.2. The van der Waals surface area contributed by atoms with E-state index in [0.29, 0.717) is 42.5 Å². The molecular weight excluding hydrogens is 524 g/mol. The van der Waals surface area contributed by atoms with E-state index in [1.54, 1.807) is 7.11 Å². The van der Waals surface area contributed by atoms with E-state index in [1.165, 1.54) is 17.5 Å². The Hall–Kier alpha value is -4.23. The van der Waals surface area contributed by atoms with Gasteiger partial charge in [-0.15, -0.1) is 6.58 Å². The summed E-state index contributed by atoms with van der Waals surface area (Å²) in [7, 11) is 1.71. The second-order valence-electron chi connectivity index (χ2n) is 11.6. The normalized spacial score (nSPS) is 26.5. The SMILES string of the molecule is C=C[C@H]1CN2CC[C@@H]1C[C@]2(COc1cccc(C2=N[C@H](Cc3ccccc3)CO2)n1)c1ccnc2ccc(OC)cc12. The Kier molecular flexibility index (Phi) is 7.12. The van der Waals surface area contributed by atoms with E-state index in [2.05, 4.69) is 58.9 Å². The Balaban J connectivity index is 1.18. The van der Waals surface area contributed by atoms with Gasteiger partial charge in [-0.2, -0.15) is 0 Å². The number of benzene rings is 2. The minimum Gasteiger partial charge on any atom is -0.497 e. The summed E-state index contributed by atoms with van der Waals surface area (Å²) in [6.07, 6.45) is 7.04. The number of aromatic nitrogens is 2. The van der Waals surface area contributed by atoms with Crippen molar-refractivity contribution in [2.24, 2.45) is 16.8 Å². The van der Waals surface area contributed by atoms with E-state index in [-0.39, 0.29) is 11.6 Å². The molecular formula is C35H36N4O3. The maximum Gasteiger partial charge on any atom is 0.235 e. The number of hydrogen-bond acceptors (Lipinski definition) is 7. The summed E-state index contributed by atoms with van der Waals surface area (Å²) in [5.74, 6) is 3.01. The summed E-state index contributed by atoms with van der Waals surface area (Å²) in [6, 6.07) is 24.6. The van der Waals surface area contributed by atoms with E-state index in [0.717, 1.165) is 42.6 Å². The summed E-state index contributed by atoms with van der Waals surface area (Å²) in [4.78, 5) is 17.0. The lowest BCUT2D eigenvalue weighted by molar-refractivity contribution is -0.0779. The number of methoxy groups -OCH3 is 1. The fraction of sp³-hybridized carbons (Fsp3) is 0.343. The number of aliphatic imine (C=N–C) groups is 1. The molecule has 0 N–H and O–H groups in total. The number of ether oxygens (including phenoxy) is 3. The Bertz CT molecular complexity index is 1620. The van der Waals surface area contributed by atoms with Crippen LogP contribution in [0.3, 0.4) is 0 Å². The van der Waals surface area contributed by atoms with Gasteiger partial charge in [0.2, 0.25) is 11.8 Å². The first kappa shape index (κ1) is 26.7. The van der Waals surface area contributed by atoms with E-state index < -0.39 is 0 Å². The van der Waals surface area contributed by atoms with Crippen molar-refractivity contribution in [2.45, 2.75) is 30.8 Å². The van der Waals surface area contributed by atoms with Crippen molar-refractivity contribution in [1.82, 2.24) is 14.9 Å². The smallest absolute Gasteiger partial charge is 0.235 e. The molecule has 0 radical (unpaired) electrons. The molecule has 0 amide bonds. The molecule has 2 bridgehead atoms. The van der Waals surface area contributed by atoms with Crippen molar-refractivity contribution in [2.75, 3.05) is 33.4 Å². The first-order valence-electron chi connectivity index (χ1n) is 14.8. The van der Waals surface area contributed by atoms with Gasteiger partial charge in [-0.05, 0) is 79.1 Å². The van der Waals surface area contributed by atoms with Crippen molar-refractivity contribution in [3.05, 3.63) is 108 Å². The molecule has 214 valence electrons. The highest BCUT2D eigenvalue weighted by Gasteiger charge is 2.51. The molecule has 4 aliphatic heterocycles.